The summed E-state index contributed by atoms with van der Waals surface area (Å²) < 4.78 is 18.2. The zero-order chi connectivity index (χ0) is 17.6. The van der Waals surface area contributed by atoms with Crippen LogP contribution in [-0.4, -0.2) is 17.1 Å². The molecule has 0 aliphatic heterocycles. The first-order valence-electron chi connectivity index (χ1n) is 7.56. The molecule has 0 saturated heterocycles. The molecule has 0 aliphatic rings. The van der Waals surface area contributed by atoms with Crippen LogP contribution in [0.25, 0.3) is 0 Å². The van der Waals surface area contributed by atoms with E-state index in [1.54, 1.807) is 49.7 Å². The van der Waals surface area contributed by atoms with E-state index in [1.807, 2.05) is 0 Å². The van der Waals surface area contributed by atoms with Crippen LogP contribution in [0.5, 0.6) is 5.75 Å². The van der Waals surface area contributed by atoms with Crippen LogP contribution < -0.4 is 15.4 Å². The molecule has 1 aromatic heterocycles. The number of methoxy groups -OCH3 is 1. The lowest BCUT2D eigenvalue weighted by molar-refractivity contribution is 0.417. The van der Waals surface area contributed by atoms with Crippen molar-refractivity contribution in [2.45, 2.75) is 6.54 Å². The van der Waals surface area contributed by atoms with Crippen molar-refractivity contribution < 1.29 is 9.13 Å². The Bertz CT molecular complexity index is 858. The lowest BCUT2D eigenvalue weighted by Crippen LogP contribution is -2.04. The first-order valence-corrected chi connectivity index (χ1v) is 7.94. The van der Waals surface area contributed by atoms with E-state index >= 15 is 0 Å². The van der Waals surface area contributed by atoms with Crippen molar-refractivity contribution in [2.24, 2.45) is 0 Å². The summed E-state index contributed by atoms with van der Waals surface area (Å²) in [5.74, 6) is 1.43. The van der Waals surface area contributed by atoms with Gasteiger partial charge in [0.2, 0.25) is 5.95 Å². The number of hydrogen-bond acceptors (Lipinski definition) is 5. The molecule has 0 bridgehead atoms. The maximum absolute atomic E-state index is 12.9. The van der Waals surface area contributed by atoms with Crippen LogP contribution in [0.3, 0.4) is 0 Å². The Hall–Kier alpha value is -2.86. The van der Waals surface area contributed by atoms with Crippen LogP contribution in [0, 0.1) is 5.82 Å². The fourth-order valence-electron chi connectivity index (χ4n) is 2.21. The Kier molecular flexibility index (Phi) is 5.30. The van der Waals surface area contributed by atoms with Crippen LogP contribution >= 0.6 is 11.6 Å². The van der Waals surface area contributed by atoms with Crippen molar-refractivity contribution in [2.75, 3.05) is 17.7 Å². The zero-order valence-electron chi connectivity index (χ0n) is 13.5. The molecule has 0 spiro atoms. The summed E-state index contributed by atoms with van der Waals surface area (Å²) in [6.45, 7) is 0.525. The van der Waals surface area contributed by atoms with E-state index in [9.17, 15) is 4.39 Å². The summed E-state index contributed by atoms with van der Waals surface area (Å²) in [6.07, 6.45) is 1.64. The fourth-order valence-corrected chi connectivity index (χ4v) is 2.38. The van der Waals surface area contributed by atoms with Crippen molar-refractivity contribution in [1.29, 1.82) is 0 Å². The summed E-state index contributed by atoms with van der Waals surface area (Å²) in [4.78, 5) is 8.60. The van der Waals surface area contributed by atoms with Gasteiger partial charge in [-0.05, 0) is 42.0 Å². The van der Waals surface area contributed by atoms with Gasteiger partial charge in [-0.3, -0.25) is 0 Å². The third kappa shape index (κ3) is 4.58. The molecule has 128 valence electrons. The molecule has 0 fully saturated rings. The number of rotatable bonds is 6. The quantitative estimate of drug-likeness (QED) is 0.672. The summed E-state index contributed by atoms with van der Waals surface area (Å²) >= 11 is 6.02. The molecule has 0 unspecified atom stereocenters. The second kappa shape index (κ2) is 7.81. The minimum atomic E-state index is -0.257. The van der Waals surface area contributed by atoms with E-state index in [1.165, 1.54) is 12.1 Å². The molecule has 0 atom stereocenters. The molecule has 5 nitrogen and oxygen atoms in total. The Morgan fingerprint density at radius 1 is 1.12 bits per heavy atom. The maximum Gasteiger partial charge on any atom is 0.229 e. The molecule has 25 heavy (non-hydrogen) atoms. The predicted molar refractivity (Wildman–Crippen MR) is 97.0 cm³/mol. The average Bonchev–Trinajstić information content (AvgIpc) is 2.62. The van der Waals surface area contributed by atoms with Crippen LogP contribution in [0.15, 0.2) is 54.7 Å². The molecular formula is C18H16ClFN4O. The molecular weight excluding hydrogens is 343 g/mol. The SMILES string of the molecule is COc1ccc(Cl)cc1Nc1nccc(NCc2ccc(F)cc2)n1. The second-order valence-corrected chi connectivity index (χ2v) is 5.65. The highest BCUT2D eigenvalue weighted by Crippen LogP contribution is 2.29. The predicted octanol–water partition coefficient (Wildman–Crippen LogP) is 4.63. The van der Waals surface area contributed by atoms with E-state index in [0.717, 1.165) is 5.56 Å². The van der Waals surface area contributed by atoms with E-state index in [4.69, 9.17) is 16.3 Å². The van der Waals surface area contributed by atoms with Crippen molar-refractivity contribution in [3.8, 4) is 5.75 Å². The molecule has 3 rings (SSSR count). The van der Waals surface area contributed by atoms with Gasteiger partial charge in [-0.2, -0.15) is 4.98 Å². The topological polar surface area (TPSA) is 59.1 Å². The lowest BCUT2D eigenvalue weighted by atomic mass is 10.2. The van der Waals surface area contributed by atoms with Gasteiger partial charge in [-0.25, -0.2) is 9.37 Å². The van der Waals surface area contributed by atoms with Gasteiger partial charge in [-0.1, -0.05) is 23.7 Å². The van der Waals surface area contributed by atoms with Crippen LogP contribution in [0.4, 0.5) is 21.8 Å². The highest BCUT2D eigenvalue weighted by atomic mass is 35.5. The molecule has 0 radical (unpaired) electrons. The third-order valence-electron chi connectivity index (χ3n) is 3.45. The molecule has 2 N–H and O–H groups in total. The number of nitrogens with zero attached hydrogens (tertiary/aromatic N) is 2. The van der Waals surface area contributed by atoms with Crippen molar-refractivity contribution in [1.82, 2.24) is 9.97 Å². The summed E-state index contributed by atoms with van der Waals surface area (Å²) in [7, 11) is 1.58. The molecule has 2 aromatic carbocycles. The zero-order valence-corrected chi connectivity index (χ0v) is 14.2. The second-order valence-electron chi connectivity index (χ2n) is 5.22. The van der Waals surface area contributed by atoms with Gasteiger partial charge in [0, 0.05) is 17.8 Å². The van der Waals surface area contributed by atoms with Crippen LogP contribution in [0.2, 0.25) is 5.02 Å². The van der Waals surface area contributed by atoms with Gasteiger partial charge in [0.05, 0.1) is 12.8 Å². The Labute approximate surface area is 149 Å². The van der Waals surface area contributed by atoms with Crippen LogP contribution in [0.1, 0.15) is 5.56 Å². The third-order valence-corrected chi connectivity index (χ3v) is 3.69. The maximum atomic E-state index is 12.9. The Morgan fingerprint density at radius 2 is 1.92 bits per heavy atom. The smallest absolute Gasteiger partial charge is 0.229 e. The van der Waals surface area contributed by atoms with Crippen LogP contribution in [-0.2, 0) is 6.54 Å². The van der Waals surface area contributed by atoms with Gasteiger partial charge in [0.15, 0.2) is 0 Å². The molecule has 1 heterocycles. The first kappa shape index (κ1) is 17.0. The van der Waals surface area contributed by atoms with Gasteiger partial charge in [0.25, 0.3) is 0 Å². The normalized spacial score (nSPS) is 10.4. The van der Waals surface area contributed by atoms with E-state index in [2.05, 4.69) is 20.6 Å². The lowest BCUT2D eigenvalue weighted by Gasteiger charge is -2.11. The van der Waals surface area contributed by atoms with Gasteiger partial charge < -0.3 is 15.4 Å². The minimum Gasteiger partial charge on any atom is -0.495 e. The Morgan fingerprint density at radius 3 is 2.68 bits per heavy atom. The van der Waals surface area contributed by atoms with E-state index in [0.29, 0.717) is 34.8 Å². The van der Waals surface area contributed by atoms with Crippen molar-refractivity contribution >= 4 is 29.1 Å². The molecule has 0 saturated carbocycles. The number of nitrogens with one attached hydrogen (secondary N) is 2. The summed E-state index contributed by atoms with van der Waals surface area (Å²) in [5, 5.41) is 6.84. The number of halogens is 2. The Balaban J connectivity index is 1.71. The van der Waals surface area contributed by atoms with Gasteiger partial charge in [-0.15, -0.1) is 0 Å². The minimum absolute atomic E-state index is 0.257. The van der Waals surface area contributed by atoms with Gasteiger partial charge in [0.1, 0.15) is 17.4 Å². The molecule has 7 heteroatoms. The fraction of sp³-hybridized carbons (Fsp3) is 0.111. The summed E-state index contributed by atoms with van der Waals surface area (Å²) in [5.41, 5.74) is 1.62. The van der Waals surface area contributed by atoms with E-state index < -0.39 is 0 Å². The number of hydrogen-bond donors (Lipinski definition) is 2. The highest BCUT2D eigenvalue weighted by molar-refractivity contribution is 6.31. The van der Waals surface area contributed by atoms with E-state index in [-0.39, 0.29) is 5.82 Å². The molecule has 3 aromatic rings. The van der Waals surface area contributed by atoms with Crippen molar-refractivity contribution in [3.63, 3.8) is 0 Å². The number of aromatic nitrogens is 2. The monoisotopic (exact) mass is 358 g/mol. The molecule has 0 amide bonds. The van der Waals surface area contributed by atoms with Gasteiger partial charge >= 0.3 is 0 Å². The number of benzene rings is 2. The molecule has 0 aliphatic carbocycles. The van der Waals surface area contributed by atoms with Crippen molar-refractivity contribution in [3.05, 3.63) is 71.1 Å². The first-order chi connectivity index (χ1) is 12.1. The number of ether oxygens (including phenoxy) is 1. The average molecular weight is 359 g/mol. The highest BCUT2D eigenvalue weighted by Gasteiger charge is 2.07. The summed E-state index contributed by atoms with van der Waals surface area (Å²) in [6, 6.07) is 13.3. The number of anilines is 3. The standard InChI is InChI=1S/C18H16ClFN4O/c1-25-16-7-4-13(19)10-15(16)23-18-21-9-8-17(24-18)22-11-12-2-5-14(20)6-3-12/h2-10H,11H2,1H3,(H2,21,22,23,24). The largest absolute Gasteiger partial charge is 0.495 e.